The van der Waals surface area contributed by atoms with Crippen LogP contribution in [0, 0.1) is 17.3 Å². The summed E-state index contributed by atoms with van der Waals surface area (Å²) < 4.78 is 0. The predicted molar refractivity (Wildman–Crippen MR) is 64.7 cm³/mol. The number of carbonyl (C=O) groups excluding carboxylic acids is 1. The highest BCUT2D eigenvalue weighted by Crippen LogP contribution is 2.40. The Labute approximate surface area is 98.9 Å². The molecule has 3 nitrogen and oxygen atoms in total. The van der Waals surface area contributed by atoms with E-state index >= 15 is 0 Å². The lowest BCUT2D eigenvalue weighted by molar-refractivity contribution is -0.144. The zero-order chi connectivity index (χ0) is 12.2. The van der Waals surface area contributed by atoms with Gasteiger partial charge in [0.25, 0.3) is 0 Å². The Balaban J connectivity index is 2.40. The molecule has 3 heteroatoms. The number of carbonyl (C=O) groups is 1. The van der Waals surface area contributed by atoms with Crippen LogP contribution in [-0.2, 0) is 9.63 Å². The van der Waals surface area contributed by atoms with E-state index < -0.39 is 0 Å². The molecule has 0 aromatic carbocycles. The molecule has 1 saturated carbocycles. The number of rotatable bonds is 4. The average molecular weight is 227 g/mol. The van der Waals surface area contributed by atoms with E-state index in [-0.39, 0.29) is 17.2 Å². The van der Waals surface area contributed by atoms with E-state index in [9.17, 15) is 4.79 Å². The Kier molecular flexibility index (Phi) is 4.78. The molecule has 1 unspecified atom stereocenters. The Morgan fingerprint density at radius 1 is 1.44 bits per heavy atom. The third kappa shape index (κ3) is 3.78. The SMILES string of the molecule is CC(C)CONC(=O)C1CCCCC1(C)C. The van der Waals surface area contributed by atoms with Gasteiger partial charge in [-0.2, -0.15) is 0 Å². The van der Waals surface area contributed by atoms with E-state index in [1.54, 1.807) is 0 Å². The minimum absolute atomic E-state index is 0.0605. The van der Waals surface area contributed by atoms with E-state index in [1.165, 1.54) is 6.42 Å². The summed E-state index contributed by atoms with van der Waals surface area (Å²) in [7, 11) is 0. The molecule has 1 aliphatic carbocycles. The largest absolute Gasteiger partial charge is 0.273 e. The smallest absolute Gasteiger partial charge is 0.247 e. The molecular formula is C13H25NO2. The first-order valence-electron chi connectivity index (χ1n) is 6.35. The zero-order valence-corrected chi connectivity index (χ0v) is 11.0. The molecule has 1 aliphatic rings. The van der Waals surface area contributed by atoms with Gasteiger partial charge in [-0.15, -0.1) is 0 Å². The van der Waals surface area contributed by atoms with Crippen LogP contribution in [0.2, 0.25) is 0 Å². The molecule has 0 spiro atoms. The first-order chi connectivity index (χ1) is 7.43. The molecule has 0 radical (unpaired) electrons. The molecule has 1 rings (SSSR count). The third-order valence-corrected chi connectivity index (χ3v) is 3.41. The minimum Gasteiger partial charge on any atom is -0.273 e. The van der Waals surface area contributed by atoms with Crippen molar-refractivity contribution < 1.29 is 9.63 Å². The molecule has 1 atom stereocenters. The van der Waals surface area contributed by atoms with E-state index in [4.69, 9.17) is 4.84 Å². The molecule has 0 bridgehead atoms. The predicted octanol–water partition coefficient (Wildman–Crippen LogP) is 2.91. The molecule has 1 N–H and O–H groups in total. The fourth-order valence-electron chi connectivity index (χ4n) is 2.33. The first-order valence-corrected chi connectivity index (χ1v) is 6.35. The second-order valence-corrected chi connectivity index (χ2v) is 5.96. The first kappa shape index (κ1) is 13.5. The number of amides is 1. The number of hydrogen-bond acceptors (Lipinski definition) is 2. The van der Waals surface area contributed by atoms with Crippen molar-refractivity contribution in [3.05, 3.63) is 0 Å². The molecule has 0 aromatic heterocycles. The van der Waals surface area contributed by atoms with Gasteiger partial charge in [0.05, 0.1) is 6.61 Å². The molecule has 94 valence electrons. The maximum atomic E-state index is 12.0. The fourth-order valence-corrected chi connectivity index (χ4v) is 2.33. The van der Waals surface area contributed by atoms with E-state index in [0.717, 1.165) is 19.3 Å². The van der Waals surface area contributed by atoms with E-state index in [0.29, 0.717) is 12.5 Å². The molecule has 0 aromatic rings. The lowest BCUT2D eigenvalue weighted by Gasteiger charge is -2.37. The van der Waals surface area contributed by atoms with Crippen LogP contribution >= 0.6 is 0 Å². The molecule has 0 saturated heterocycles. The van der Waals surface area contributed by atoms with E-state index in [1.807, 2.05) is 0 Å². The van der Waals surface area contributed by atoms with Gasteiger partial charge in [-0.1, -0.05) is 40.5 Å². The lowest BCUT2D eigenvalue weighted by Crippen LogP contribution is -2.41. The van der Waals surface area contributed by atoms with Crippen molar-refractivity contribution in [2.24, 2.45) is 17.3 Å². The summed E-state index contributed by atoms with van der Waals surface area (Å²) in [5, 5.41) is 0. The van der Waals surface area contributed by atoms with Gasteiger partial charge in [-0.25, -0.2) is 5.48 Å². The van der Waals surface area contributed by atoms with E-state index in [2.05, 4.69) is 33.2 Å². The Morgan fingerprint density at radius 3 is 2.69 bits per heavy atom. The number of nitrogens with one attached hydrogen (secondary N) is 1. The molecule has 0 aliphatic heterocycles. The standard InChI is InChI=1S/C13H25NO2/c1-10(2)9-16-14-12(15)11-7-5-6-8-13(11,3)4/h10-11H,5-9H2,1-4H3,(H,14,15). The maximum Gasteiger partial charge on any atom is 0.247 e. The zero-order valence-electron chi connectivity index (χ0n) is 11.0. The highest BCUT2D eigenvalue weighted by molar-refractivity contribution is 5.78. The van der Waals surface area contributed by atoms with Gasteiger partial charge in [0, 0.05) is 5.92 Å². The molecule has 0 heterocycles. The minimum atomic E-state index is 0.0605. The summed E-state index contributed by atoms with van der Waals surface area (Å²) in [5.41, 5.74) is 2.72. The van der Waals surface area contributed by atoms with Crippen molar-refractivity contribution in [1.29, 1.82) is 0 Å². The van der Waals surface area contributed by atoms with Crippen molar-refractivity contribution in [3.63, 3.8) is 0 Å². The van der Waals surface area contributed by atoms with Crippen LogP contribution < -0.4 is 5.48 Å². The second-order valence-electron chi connectivity index (χ2n) is 5.96. The van der Waals surface area contributed by atoms with Gasteiger partial charge in [0.1, 0.15) is 0 Å². The Bertz CT molecular complexity index is 236. The highest BCUT2D eigenvalue weighted by atomic mass is 16.6. The lowest BCUT2D eigenvalue weighted by atomic mass is 9.68. The summed E-state index contributed by atoms with van der Waals surface area (Å²) in [6, 6.07) is 0. The summed E-state index contributed by atoms with van der Waals surface area (Å²) in [6.45, 7) is 9.07. The van der Waals surface area contributed by atoms with Gasteiger partial charge >= 0.3 is 0 Å². The summed E-state index contributed by atoms with van der Waals surface area (Å²) in [6.07, 6.45) is 4.52. The van der Waals surface area contributed by atoms with Crippen molar-refractivity contribution >= 4 is 5.91 Å². The monoisotopic (exact) mass is 227 g/mol. The summed E-state index contributed by atoms with van der Waals surface area (Å²) >= 11 is 0. The molecule has 16 heavy (non-hydrogen) atoms. The fraction of sp³-hybridized carbons (Fsp3) is 0.923. The Morgan fingerprint density at radius 2 is 2.12 bits per heavy atom. The topological polar surface area (TPSA) is 38.3 Å². The van der Waals surface area contributed by atoms with Gasteiger partial charge in [0.2, 0.25) is 5.91 Å². The van der Waals surface area contributed by atoms with Crippen LogP contribution in [0.1, 0.15) is 53.4 Å². The third-order valence-electron chi connectivity index (χ3n) is 3.41. The van der Waals surface area contributed by atoms with Crippen molar-refractivity contribution in [2.75, 3.05) is 6.61 Å². The van der Waals surface area contributed by atoms with Crippen LogP contribution in [0.4, 0.5) is 0 Å². The quantitative estimate of drug-likeness (QED) is 0.750. The van der Waals surface area contributed by atoms with Gasteiger partial charge < -0.3 is 0 Å². The molecular weight excluding hydrogens is 202 g/mol. The van der Waals surface area contributed by atoms with Crippen LogP contribution in [0.15, 0.2) is 0 Å². The van der Waals surface area contributed by atoms with Crippen molar-refractivity contribution in [2.45, 2.75) is 53.4 Å². The summed E-state index contributed by atoms with van der Waals surface area (Å²) in [5.74, 6) is 0.610. The van der Waals surface area contributed by atoms with Crippen LogP contribution in [0.3, 0.4) is 0 Å². The average Bonchev–Trinajstić information content (AvgIpc) is 2.16. The van der Waals surface area contributed by atoms with Crippen molar-refractivity contribution in [3.8, 4) is 0 Å². The van der Waals surface area contributed by atoms with Gasteiger partial charge in [0.15, 0.2) is 0 Å². The second kappa shape index (κ2) is 5.67. The molecule has 1 fully saturated rings. The normalized spacial score (nSPS) is 24.4. The van der Waals surface area contributed by atoms with Crippen LogP contribution in [0.5, 0.6) is 0 Å². The summed E-state index contributed by atoms with van der Waals surface area (Å²) in [4.78, 5) is 17.2. The molecule has 1 amide bonds. The number of hydrogen-bond donors (Lipinski definition) is 1. The Hall–Kier alpha value is -0.570. The van der Waals surface area contributed by atoms with Gasteiger partial charge in [-0.05, 0) is 24.2 Å². The van der Waals surface area contributed by atoms with Crippen molar-refractivity contribution in [1.82, 2.24) is 5.48 Å². The van der Waals surface area contributed by atoms with Crippen LogP contribution in [-0.4, -0.2) is 12.5 Å². The van der Waals surface area contributed by atoms with Crippen LogP contribution in [0.25, 0.3) is 0 Å². The number of hydroxylamine groups is 1. The van der Waals surface area contributed by atoms with Gasteiger partial charge in [-0.3, -0.25) is 9.63 Å². The highest BCUT2D eigenvalue weighted by Gasteiger charge is 2.37. The maximum absolute atomic E-state index is 12.0.